The molecule has 0 saturated heterocycles. The van der Waals surface area contributed by atoms with Crippen molar-refractivity contribution in [1.82, 2.24) is 15.0 Å². The number of allylic oxidation sites excluding steroid dienone is 5. The summed E-state index contributed by atoms with van der Waals surface area (Å²) in [4.78, 5) is 0. The summed E-state index contributed by atoms with van der Waals surface area (Å²) in [5.74, 6) is 0.818. The Hall–Kier alpha value is -2.66. The zero-order chi connectivity index (χ0) is 21.8. The largest absolute Gasteiger partial charge is 0.497 e. The Kier molecular flexibility index (Phi) is 10.1. The number of ether oxygens (including phenoxy) is 2. The van der Waals surface area contributed by atoms with Crippen LogP contribution < -0.4 is 4.74 Å². The van der Waals surface area contributed by atoms with Gasteiger partial charge in [0.2, 0.25) is 0 Å². The fraction of sp³-hybridized carbons (Fsp3) is 0.440. The lowest BCUT2D eigenvalue weighted by molar-refractivity contribution is 0.145. The van der Waals surface area contributed by atoms with Gasteiger partial charge >= 0.3 is 0 Å². The highest BCUT2D eigenvalue weighted by molar-refractivity contribution is 5.36. The summed E-state index contributed by atoms with van der Waals surface area (Å²) in [5.41, 5.74) is 5.97. The van der Waals surface area contributed by atoms with Crippen molar-refractivity contribution in [2.24, 2.45) is 0 Å². The van der Waals surface area contributed by atoms with E-state index in [9.17, 15) is 0 Å². The molecule has 0 fully saturated rings. The topological polar surface area (TPSA) is 49.2 Å². The van der Waals surface area contributed by atoms with Crippen molar-refractivity contribution in [3.05, 3.63) is 71.1 Å². The van der Waals surface area contributed by atoms with E-state index >= 15 is 0 Å². The van der Waals surface area contributed by atoms with Crippen LogP contribution in [0.2, 0.25) is 0 Å². The van der Waals surface area contributed by atoms with Crippen LogP contribution in [0.3, 0.4) is 0 Å². The molecule has 1 aromatic carbocycles. The second-order valence-electron chi connectivity index (χ2n) is 7.83. The lowest BCUT2D eigenvalue weighted by Gasteiger charge is -2.03. The fourth-order valence-electron chi connectivity index (χ4n) is 2.93. The van der Waals surface area contributed by atoms with Crippen LogP contribution in [0.5, 0.6) is 5.75 Å². The molecule has 0 aliphatic rings. The van der Waals surface area contributed by atoms with Gasteiger partial charge in [0, 0.05) is 0 Å². The molecular weight excluding hydrogens is 374 g/mol. The first-order valence-electron chi connectivity index (χ1n) is 10.6. The van der Waals surface area contributed by atoms with Crippen molar-refractivity contribution in [2.45, 2.75) is 60.0 Å². The molecule has 0 bridgehead atoms. The highest BCUT2D eigenvalue weighted by atomic mass is 16.5. The molecule has 0 saturated carbocycles. The number of methoxy groups -OCH3 is 1. The van der Waals surface area contributed by atoms with Gasteiger partial charge in [-0.3, -0.25) is 0 Å². The molecule has 1 aromatic heterocycles. The third-order valence-corrected chi connectivity index (χ3v) is 4.80. The lowest BCUT2D eigenvalue weighted by atomic mass is 10.1. The lowest BCUT2D eigenvalue weighted by Crippen LogP contribution is -1.95. The third-order valence-electron chi connectivity index (χ3n) is 4.80. The van der Waals surface area contributed by atoms with Gasteiger partial charge in [0.1, 0.15) is 11.4 Å². The van der Waals surface area contributed by atoms with Crippen LogP contribution in [-0.4, -0.2) is 28.7 Å². The van der Waals surface area contributed by atoms with Gasteiger partial charge in [-0.15, -0.1) is 5.10 Å². The zero-order valence-electron chi connectivity index (χ0n) is 19.0. The number of rotatable bonds is 12. The molecule has 0 aliphatic carbocycles. The van der Waals surface area contributed by atoms with E-state index in [2.05, 4.69) is 56.2 Å². The normalized spacial score (nSPS) is 12.2. The predicted octanol–water partition coefficient (Wildman–Crippen LogP) is 6.21. The summed E-state index contributed by atoms with van der Waals surface area (Å²) in [5, 5.41) is 8.34. The standard InChI is InChI=1S/C25H35N3O2/c1-20(2)8-6-9-21(3)10-7-11-22(4)16-17-30-19-23-18-28(27-26-23)24-12-14-25(29-5)15-13-24/h8,10,12-16,18H,6-7,9,11,17,19H2,1-5H3/b21-10+,22-16+. The summed E-state index contributed by atoms with van der Waals surface area (Å²) in [7, 11) is 1.65. The van der Waals surface area contributed by atoms with Crippen LogP contribution in [0.4, 0.5) is 0 Å². The van der Waals surface area contributed by atoms with Crippen molar-refractivity contribution in [3.63, 3.8) is 0 Å². The minimum Gasteiger partial charge on any atom is -0.497 e. The van der Waals surface area contributed by atoms with Crippen LogP contribution in [0.15, 0.2) is 65.4 Å². The first-order valence-corrected chi connectivity index (χ1v) is 10.6. The molecular formula is C25H35N3O2. The average Bonchev–Trinajstić information content (AvgIpc) is 3.20. The van der Waals surface area contributed by atoms with Crippen molar-refractivity contribution in [3.8, 4) is 11.4 Å². The second kappa shape index (κ2) is 12.8. The van der Waals surface area contributed by atoms with E-state index in [1.807, 2.05) is 30.5 Å². The van der Waals surface area contributed by atoms with Crippen molar-refractivity contribution in [1.29, 1.82) is 0 Å². The Morgan fingerprint density at radius 3 is 2.27 bits per heavy atom. The Bertz CT molecular complexity index is 857. The maximum absolute atomic E-state index is 5.74. The van der Waals surface area contributed by atoms with Crippen LogP contribution in [-0.2, 0) is 11.3 Å². The van der Waals surface area contributed by atoms with E-state index < -0.39 is 0 Å². The van der Waals surface area contributed by atoms with E-state index in [4.69, 9.17) is 9.47 Å². The summed E-state index contributed by atoms with van der Waals surface area (Å²) in [6, 6.07) is 7.70. The van der Waals surface area contributed by atoms with Gasteiger partial charge in [0.05, 0.1) is 32.2 Å². The third kappa shape index (κ3) is 8.78. The molecule has 0 spiro atoms. The van der Waals surface area contributed by atoms with E-state index in [1.54, 1.807) is 11.8 Å². The molecule has 0 N–H and O–H groups in total. The summed E-state index contributed by atoms with van der Waals surface area (Å²) >= 11 is 0. The van der Waals surface area contributed by atoms with E-state index in [-0.39, 0.29) is 0 Å². The van der Waals surface area contributed by atoms with Crippen LogP contribution in [0, 0.1) is 0 Å². The van der Waals surface area contributed by atoms with Gasteiger partial charge in [0.15, 0.2) is 0 Å². The second-order valence-corrected chi connectivity index (χ2v) is 7.83. The monoisotopic (exact) mass is 409 g/mol. The maximum atomic E-state index is 5.74. The fourth-order valence-corrected chi connectivity index (χ4v) is 2.93. The Morgan fingerprint density at radius 2 is 1.60 bits per heavy atom. The molecule has 0 radical (unpaired) electrons. The van der Waals surface area contributed by atoms with E-state index in [0.29, 0.717) is 13.2 Å². The molecule has 0 aliphatic heterocycles. The zero-order valence-corrected chi connectivity index (χ0v) is 19.0. The van der Waals surface area contributed by atoms with E-state index in [1.165, 1.54) is 16.7 Å². The molecule has 5 heteroatoms. The highest BCUT2D eigenvalue weighted by Gasteiger charge is 2.03. The van der Waals surface area contributed by atoms with E-state index in [0.717, 1.165) is 42.8 Å². The van der Waals surface area contributed by atoms with Gasteiger partial charge in [-0.1, -0.05) is 40.2 Å². The minimum absolute atomic E-state index is 0.448. The van der Waals surface area contributed by atoms with Crippen molar-refractivity contribution in [2.75, 3.05) is 13.7 Å². The smallest absolute Gasteiger partial charge is 0.119 e. The number of benzene rings is 1. The quantitative estimate of drug-likeness (QED) is 0.309. The predicted molar refractivity (Wildman–Crippen MR) is 123 cm³/mol. The summed E-state index contributed by atoms with van der Waals surface area (Å²) in [6.07, 6.45) is 13.1. The SMILES string of the molecule is COc1ccc(-n2cc(COC/C=C(\C)CC/C=C(\C)CCC=C(C)C)nn2)cc1. The average molecular weight is 410 g/mol. The molecule has 2 rings (SSSR count). The van der Waals surface area contributed by atoms with Gasteiger partial charge in [-0.25, -0.2) is 4.68 Å². The first-order chi connectivity index (χ1) is 14.5. The molecule has 5 nitrogen and oxygen atoms in total. The molecule has 1 heterocycles. The summed E-state index contributed by atoms with van der Waals surface area (Å²) < 4.78 is 12.7. The van der Waals surface area contributed by atoms with Crippen molar-refractivity contribution < 1.29 is 9.47 Å². The Morgan fingerprint density at radius 1 is 0.933 bits per heavy atom. The molecule has 30 heavy (non-hydrogen) atoms. The first kappa shape index (κ1) is 23.6. The highest BCUT2D eigenvalue weighted by Crippen LogP contribution is 2.14. The van der Waals surface area contributed by atoms with Crippen LogP contribution in [0.1, 0.15) is 59.1 Å². The number of nitrogens with zero attached hydrogens (tertiary/aromatic N) is 3. The number of aromatic nitrogens is 3. The molecule has 162 valence electrons. The van der Waals surface area contributed by atoms with Crippen LogP contribution >= 0.6 is 0 Å². The van der Waals surface area contributed by atoms with Crippen molar-refractivity contribution >= 4 is 0 Å². The van der Waals surface area contributed by atoms with Gasteiger partial charge in [-0.05, 0) is 77.6 Å². The number of hydrogen-bond acceptors (Lipinski definition) is 4. The number of hydrogen-bond donors (Lipinski definition) is 0. The van der Waals surface area contributed by atoms with Crippen LogP contribution in [0.25, 0.3) is 5.69 Å². The summed E-state index contributed by atoms with van der Waals surface area (Å²) in [6.45, 7) is 9.72. The minimum atomic E-state index is 0.448. The van der Waals surface area contributed by atoms with Gasteiger partial charge < -0.3 is 9.47 Å². The van der Waals surface area contributed by atoms with Gasteiger partial charge in [0.25, 0.3) is 0 Å². The molecule has 0 unspecified atom stereocenters. The Balaban J connectivity index is 1.69. The maximum Gasteiger partial charge on any atom is 0.119 e. The molecule has 0 atom stereocenters. The molecule has 2 aromatic rings. The Labute approximate surface area is 181 Å². The van der Waals surface area contributed by atoms with Gasteiger partial charge in [-0.2, -0.15) is 0 Å². The molecule has 0 amide bonds.